The molecule has 1 atom stereocenters. The Kier molecular flexibility index (Phi) is 3.81. The molecule has 8 heteroatoms. The molecule has 3 rings (SSSR count). The van der Waals surface area contributed by atoms with Crippen molar-refractivity contribution in [1.82, 2.24) is 19.9 Å². The van der Waals surface area contributed by atoms with Crippen molar-refractivity contribution < 1.29 is 14.7 Å². The topological polar surface area (TPSA) is 88.3 Å². The number of halogens is 1. The number of carbonyl (C=O) groups is 2. The Balaban J connectivity index is 1.80. The Hall–Kier alpha value is -2.41. The standard InChI is InChI=1S/C15H15ClN4O3/c1-15(14(22)23)6-7-19(9-15)13(21)11-8-20(18-17-11)12-5-3-2-4-10(12)16/h2-5,8H,6-7,9H2,1H3,(H,22,23). The Morgan fingerprint density at radius 1 is 1.35 bits per heavy atom. The van der Waals surface area contributed by atoms with E-state index in [1.807, 2.05) is 6.07 Å². The minimum Gasteiger partial charge on any atom is -0.481 e. The van der Waals surface area contributed by atoms with E-state index < -0.39 is 11.4 Å². The minimum atomic E-state index is -0.908. The number of carboxylic acids is 1. The summed E-state index contributed by atoms with van der Waals surface area (Å²) in [7, 11) is 0. The second-order valence-electron chi connectivity index (χ2n) is 5.84. The fraction of sp³-hybridized carbons (Fsp3) is 0.333. The highest BCUT2D eigenvalue weighted by molar-refractivity contribution is 6.32. The van der Waals surface area contributed by atoms with Gasteiger partial charge in [-0.2, -0.15) is 0 Å². The molecule has 1 aromatic carbocycles. The number of nitrogens with zero attached hydrogens (tertiary/aromatic N) is 4. The van der Waals surface area contributed by atoms with E-state index in [9.17, 15) is 14.7 Å². The quantitative estimate of drug-likeness (QED) is 0.925. The zero-order valence-corrected chi connectivity index (χ0v) is 13.2. The van der Waals surface area contributed by atoms with Crippen molar-refractivity contribution in [1.29, 1.82) is 0 Å². The Bertz CT molecular complexity index is 776. The number of carbonyl (C=O) groups excluding carboxylic acids is 1. The van der Waals surface area contributed by atoms with Crippen molar-refractivity contribution in [2.75, 3.05) is 13.1 Å². The maximum atomic E-state index is 12.5. The first-order valence-electron chi connectivity index (χ1n) is 7.11. The molecule has 0 radical (unpaired) electrons. The smallest absolute Gasteiger partial charge is 0.311 e. The first kappa shape index (κ1) is 15.5. The summed E-state index contributed by atoms with van der Waals surface area (Å²) < 4.78 is 1.43. The van der Waals surface area contributed by atoms with Gasteiger partial charge in [-0.1, -0.05) is 28.9 Å². The molecule has 1 aliphatic heterocycles. The first-order chi connectivity index (χ1) is 10.9. The fourth-order valence-electron chi connectivity index (χ4n) is 2.59. The predicted molar refractivity (Wildman–Crippen MR) is 82.6 cm³/mol. The Morgan fingerprint density at radius 2 is 2.09 bits per heavy atom. The van der Waals surface area contributed by atoms with E-state index in [1.165, 1.54) is 15.8 Å². The maximum Gasteiger partial charge on any atom is 0.311 e. The zero-order chi connectivity index (χ0) is 16.6. The van der Waals surface area contributed by atoms with E-state index >= 15 is 0 Å². The summed E-state index contributed by atoms with van der Waals surface area (Å²) in [6.45, 7) is 2.20. The number of aromatic nitrogens is 3. The van der Waals surface area contributed by atoms with Gasteiger partial charge < -0.3 is 10.0 Å². The highest BCUT2D eigenvalue weighted by Gasteiger charge is 2.42. The number of rotatable bonds is 3. The van der Waals surface area contributed by atoms with Crippen LogP contribution in [-0.4, -0.2) is 50.0 Å². The lowest BCUT2D eigenvalue weighted by Gasteiger charge is -2.19. The van der Waals surface area contributed by atoms with Crippen molar-refractivity contribution in [2.24, 2.45) is 5.41 Å². The van der Waals surface area contributed by atoms with Crippen LogP contribution < -0.4 is 0 Å². The highest BCUT2D eigenvalue weighted by Crippen LogP contribution is 2.30. The number of amides is 1. The molecule has 2 aromatic rings. The lowest BCUT2D eigenvalue weighted by molar-refractivity contribution is -0.147. The van der Waals surface area contributed by atoms with Crippen molar-refractivity contribution in [3.63, 3.8) is 0 Å². The van der Waals surface area contributed by atoms with E-state index in [0.29, 0.717) is 23.7 Å². The summed E-state index contributed by atoms with van der Waals surface area (Å²) in [6, 6.07) is 7.09. The number of hydrogen-bond donors (Lipinski definition) is 1. The summed E-state index contributed by atoms with van der Waals surface area (Å²) >= 11 is 6.10. The molecule has 7 nitrogen and oxygen atoms in total. The number of aliphatic carboxylic acids is 1. The highest BCUT2D eigenvalue weighted by atomic mass is 35.5. The number of para-hydroxylation sites is 1. The normalized spacial score (nSPS) is 20.7. The maximum absolute atomic E-state index is 12.5. The van der Waals surface area contributed by atoms with Crippen LogP contribution in [0.3, 0.4) is 0 Å². The molecule has 0 bridgehead atoms. The van der Waals surface area contributed by atoms with Crippen LogP contribution in [0.5, 0.6) is 0 Å². The third-order valence-corrected chi connectivity index (χ3v) is 4.41. The Labute approximate surface area is 137 Å². The third kappa shape index (κ3) is 2.79. The molecule has 1 aliphatic rings. The summed E-state index contributed by atoms with van der Waals surface area (Å²) in [5.41, 5.74) is -0.119. The molecule has 1 aromatic heterocycles. The number of likely N-dealkylation sites (tertiary alicyclic amines) is 1. The minimum absolute atomic E-state index is 0.166. The van der Waals surface area contributed by atoms with Crippen LogP contribution in [-0.2, 0) is 4.79 Å². The zero-order valence-electron chi connectivity index (χ0n) is 12.4. The summed E-state index contributed by atoms with van der Waals surface area (Å²) in [6.07, 6.45) is 1.92. The van der Waals surface area contributed by atoms with Crippen LogP contribution in [0.1, 0.15) is 23.8 Å². The molecular weight excluding hydrogens is 320 g/mol. The van der Waals surface area contributed by atoms with Crippen molar-refractivity contribution in [3.8, 4) is 5.69 Å². The van der Waals surface area contributed by atoms with Crippen LogP contribution in [0.15, 0.2) is 30.5 Å². The van der Waals surface area contributed by atoms with Gasteiger partial charge in [-0.15, -0.1) is 5.10 Å². The predicted octanol–water partition coefficient (Wildman–Crippen LogP) is 1.86. The molecule has 2 heterocycles. The van der Waals surface area contributed by atoms with Crippen molar-refractivity contribution in [3.05, 3.63) is 41.2 Å². The van der Waals surface area contributed by atoms with E-state index in [2.05, 4.69) is 10.3 Å². The molecule has 1 N–H and O–H groups in total. The van der Waals surface area contributed by atoms with Gasteiger partial charge in [0, 0.05) is 13.1 Å². The van der Waals surface area contributed by atoms with E-state index in [-0.39, 0.29) is 18.1 Å². The third-order valence-electron chi connectivity index (χ3n) is 4.09. The van der Waals surface area contributed by atoms with Gasteiger partial charge in [-0.3, -0.25) is 9.59 Å². The lowest BCUT2D eigenvalue weighted by atomic mass is 9.90. The number of hydrogen-bond acceptors (Lipinski definition) is 4. The fourth-order valence-corrected chi connectivity index (χ4v) is 2.81. The van der Waals surface area contributed by atoms with Crippen LogP contribution in [0.4, 0.5) is 0 Å². The average Bonchev–Trinajstić information content (AvgIpc) is 3.15. The molecular formula is C15H15ClN4O3. The van der Waals surface area contributed by atoms with Crippen LogP contribution in [0.2, 0.25) is 5.02 Å². The molecule has 1 amide bonds. The molecule has 23 heavy (non-hydrogen) atoms. The molecule has 0 spiro atoms. The molecule has 0 saturated carbocycles. The summed E-state index contributed by atoms with van der Waals surface area (Å²) in [5, 5.41) is 17.6. The first-order valence-corrected chi connectivity index (χ1v) is 7.48. The number of benzene rings is 1. The van der Waals surface area contributed by atoms with Crippen molar-refractivity contribution >= 4 is 23.5 Å². The van der Waals surface area contributed by atoms with Crippen LogP contribution in [0, 0.1) is 5.41 Å². The molecule has 1 fully saturated rings. The molecule has 1 saturated heterocycles. The van der Waals surface area contributed by atoms with Gasteiger partial charge in [0.25, 0.3) is 5.91 Å². The van der Waals surface area contributed by atoms with Gasteiger partial charge in [-0.25, -0.2) is 4.68 Å². The van der Waals surface area contributed by atoms with Crippen LogP contribution in [0.25, 0.3) is 5.69 Å². The molecule has 1 unspecified atom stereocenters. The van der Waals surface area contributed by atoms with Gasteiger partial charge >= 0.3 is 5.97 Å². The van der Waals surface area contributed by atoms with E-state index in [0.717, 1.165) is 0 Å². The van der Waals surface area contributed by atoms with E-state index in [1.54, 1.807) is 25.1 Å². The lowest BCUT2D eigenvalue weighted by Crippen LogP contribution is -2.35. The number of carboxylic acid groups (broad SMARTS) is 1. The SMILES string of the molecule is CC1(C(=O)O)CCN(C(=O)c2cn(-c3ccccc3Cl)nn2)C1. The van der Waals surface area contributed by atoms with Gasteiger partial charge in [0.15, 0.2) is 5.69 Å². The van der Waals surface area contributed by atoms with Crippen molar-refractivity contribution in [2.45, 2.75) is 13.3 Å². The Morgan fingerprint density at radius 3 is 2.74 bits per heavy atom. The van der Waals surface area contributed by atoms with Gasteiger partial charge in [0.2, 0.25) is 0 Å². The summed E-state index contributed by atoms with van der Waals surface area (Å²) in [4.78, 5) is 25.2. The average molecular weight is 335 g/mol. The molecule has 120 valence electrons. The van der Waals surface area contributed by atoms with Gasteiger partial charge in [0.1, 0.15) is 0 Å². The second kappa shape index (κ2) is 5.66. The monoisotopic (exact) mass is 334 g/mol. The van der Waals surface area contributed by atoms with Gasteiger partial charge in [0.05, 0.1) is 22.3 Å². The summed E-state index contributed by atoms with van der Waals surface area (Å²) in [5.74, 6) is -1.22. The van der Waals surface area contributed by atoms with Gasteiger partial charge in [-0.05, 0) is 25.5 Å². The largest absolute Gasteiger partial charge is 0.481 e. The molecule has 0 aliphatic carbocycles. The second-order valence-corrected chi connectivity index (χ2v) is 6.25. The van der Waals surface area contributed by atoms with E-state index in [4.69, 9.17) is 11.6 Å². The van der Waals surface area contributed by atoms with Crippen LogP contribution >= 0.6 is 11.6 Å².